The first kappa shape index (κ1) is 14.5. The zero-order chi connectivity index (χ0) is 14.7. The fourth-order valence-corrected chi connectivity index (χ4v) is 3.01. The third-order valence-corrected chi connectivity index (χ3v) is 4.54. The Hall–Kier alpha value is -1.48. The van der Waals surface area contributed by atoms with Gasteiger partial charge in [0.2, 0.25) is 0 Å². The minimum Gasteiger partial charge on any atom is -0.497 e. The van der Waals surface area contributed by atoms with Crippen LogP contribution in [0, 0.1) is 0 Å². The minimum absolute atomic E-state index is 0.619. The molecular formula is C17H21ClN2O. The molecule has 0 amide bonds. The highest BCUT2D eigenvalue weighted by Crippen LogP contribution is 2.33. The van der Waals surface area contributed by atoms with E-state index in [-0.39, 0.29) is 0 Å². The number of benzene rings is 1. The first-order valence-corrected chi connectivity index (χ1v) is 8.12. The van der Waals surface area contributed by atoms with E-state index in [1.54, 1.807) is 7.11 Å². The van der Waals surface area contributed by atoms with Gasteiger partial charge in [-0.1, -0.05) is 0 Å². The SMILES string of the molecule is COc1ccc2c(N(CCCCl)C3CCC3)nccc2c1. The first-order chi connectivity index (χ1) is 10.3. The number of rotatable bonds is 6. The highest BCUT2D eigenvalue weighted by Gasteiger charge is 2.26. The maximum Gasteiger partial charge on any atom is 0.136 e. The molecule has 0 spiro atoms. The quantitative estimate of drug-likeness (QED) is 0.747. The van der Waals surface area contributed by atoms with Crippen LogP contribution in [-0.4, -0.2) is 30.6 Å². The zero-order valence-corrected chi connectivity index (χ0v) is 13.1. The summed E-state index contributed by atoms with van der Waals surface area (Å²) in [5, 5.41) is 2.37. The first-order valence-electron chi connectivity index (χ1n) is 7.59. The Morgan fingerprint density at radius 1 is 1.33 bits per heavy atom. The van der Waals surface area contributed by atoms with E-state index in [9.17, 15) is 0 Å². The van der Waals surface area contributed by atoms with E-state index >= 15 is 0 Å². The van der Waals surface area contributed by atoms with Crippen LogP contribution >= 0.6 is 11.6 Å². The van der Waals surface area contributed by atoms with E-state index in [4.69, 9.17) is 16.3 Å². The summed E-state index contributed by atoms with van der Waals surface area (Å²) in [7, 11) is 1.70. The van der Waals surface area contributed by atoms with Crippen molar-refractivity contribution in [2.45, 2.75) is 31.7 Å². The van der Waals surface area contributed by atoms with Crippen LogP contribution < -0.4 is 9.64 Å². The maximum atomic E-state index is 5.89. The molecule has 0 unspecified atom stereocenters. The summed E-state index contributed by atoms with van der Waals surface area (Å²) in [6.07, 6.45) is 6.73. The predicted octanol–water partition coefficient (Wildman–Crippen LogP) is 4.23. The number of aromatic nitrogens is 1. The molecule has 3 rings (SSSR count). The van der Waals surface area contributed by atoms with E-state index in [1.165, 1.54) is 30.0 Å². The van der Waals surface area contributed by atoms with Gasteiger partial charge in [-0.15, -0.1) is 11.6 Å². The smallest absolute Gasteiger partial charge is 0.136 e. The maximum absolute atomic E-state index is 5.89. The Labute approximate surface area is 130 Å². The lowest BCUT2D eigenvalue weighted by Crippen LogP contribution is -2.41. The number of methoxy groups -OCH3 is 1. The molecule has 4 heteroatoms. The van der Waals surface area contributed by atoms with E-state index in [0.29, 0.717) is 11.9 Å². The highest BCUT2D eigenvalue weighted by molar-refractivity contribution is 6.17. The van der Waals surface area contributed by atoms with Gasteiger partial charge in [-0.25, -0.2) is 4.98 Å². The van der Waals surface area contributed by atoms with Gasteiger partial charge in [-0.3, -0.25) is 0 Å². The Balaban J connectivity index is 1.99. The van der Waals surface area contributed by atoms with Crippen molar-refractivity contribution in [2.75, 3.05) is 24.4 Å². The molecule has 1 aliphatic carbocycles. The van der Waals surface area contributed by atoms with Crippen molar-refractivity contribution in [1.29, 1.82) is 0 Å². The summed E-state index contributed by atoms with van der Waals surface area (Å²) in [6, 6.07) is 8.85. The lowest BCUT2D eigenvalue weighted by molar-refractivity contribution is 0.384. The van der Waals surface area contributed by atoms with Crippen LogP contribution in [0.3, 0.4) is 0 Å². The van der Waals surface area contributed by atoms with E-state index in [0.717, 1.165) is 24.5 Å². The van der Waals surface area contributed by atoms with Crippen LogP contribution in [-0.2, 0) is 0 Å². The number of hydrogen-bond acceptors (Lipinski definition) is 3. The normalized spacial score (nSPS) is 15.0. The fourth-order valence-electron chi connectivity index (χ4n) is 2.89. The summed E-state index contributed by atoms with van der Waals surface area (Å²) in [4.78, 5) is 7.11. The van der Waals surface area contributed by atoms with E-state index in [2.05, 4.69) is 22.0 Å². The Morgan fingerprint density at radius 3 is 2.86 bits per heavy atom. The van der Waals surface area contributed by atoms with Gasteiger partial charge in [0, 0.05) is 30.0 Å². The van der Waals surface area contributed by atoms with Gasteiger partial charge in [0.25, 0.3) is 0 Å². The van der Waals surface area contributed by atoms with Crippen LogP contribution in [0.2, 0.25) is 0 Å². The molecule has 0 bridgehead atoms. The summed E-state index contributed by atoms with van der Waals surface area (Å²) in [5.74, 6) is 2.67. The van der Waals surface area contributed by atoms with Crippen LogP contribution in [0.25, 0.3) is 10.8 Å². The topological polar surface area (TPSA) is 25.4 Å². The molecule has 1 aliphatic rings. The molecule has 1 aromatic heterocycles. The number of pyridine rings is 1. The second-order valence-electron chi connectivity index (χ2n) is 5.54. The molecule has 0 saturated heterocycles. The van der Waals surface area contributed by atoms with Gasteiger partial charge in [-0.05, 0) is 55.3 Å². The Kier molecular flexibility index (Phi) is 4.49. The predicted molar refractivity (Wildman–Crippen MR) is 88.6 cm³/mol. The molecule has 1 heterocycles. The van der Waals surface area contributed by atoms with Gasteiger partial charge in [-0.2, -0.15) is 0 Å². The van der Waals surface area contributed by atoms with Gasteiger partial charge < -0.3 is 9.64 Å². The largest absolute Gasteiger partial charge is 0.497 e. The summed E-state index contributed by atoms with van der Waals surface area (Å²) >= 11 is 5.89. The highest BCUT2D eigenvalue weighted by atomic mass is 35.5. The van der Waals surface area contributed by atoms with Crippen molar-refractivity contribution in [1.82, 2.24) is 4.98 Å². The average molecular weight is 305 g/mol. The number of hydrogen-bond donors (Lipinski definition) is 0. The molecule has 0 atom stereocenters. The van der Waals surface area contributed by atoms with Gasteiger partial charge in [0.1, 0.15) is 11.6 Å². The monoisotopic (exact) mass is 304 g/mol. The van der Waals surface area contributed by atoms with Crippen LogP contribution in [0.1, 0.15) is 25.7 Å². The van der Waals surface area contributed by atoms with Crippen molar-refractivity contribution < 1.29 is 4.74 Å². The molecular weight excluding hydrogens is 284 g/mol. The fraction of sp³-hybridized carbons (Fsp3) is 0.471. The van der Waals surface area contributed by atoms with Crippen molar-refractivity contribution in [3.05, 3.63) is 30.5 Å². The number of ether oxygens (including phenoxy) is 1. The molecule has 112 valence electrons. The van der Waals surface area contributed by atoms with Crippen molar-refractivity contribution >= 4 is 28.2 Å². The molecule has 1 aromatic carbocycles. The van der Waals surface area contributed by atoms with Crippen molar-refractivity contribution in [3.8, 4) is 5.75 Å². The molecule has 0 N–H and O–H groups in total. The summed E-state index contributed by atoms with van der Waals surface area (Å²) in [6.45, 7) is 0.978. The van der Waals surface area contributed by atoms with Crippen LogP contribution in [0.5, 0.6) is 5.75 Å². The molecule has 1 fully saturated rings. The second kappa shape index (κ2) is 6.52. The number of nitrogens with zero attached hydrogens (tertiary/aromatic N) is 2. The van der Waals surface area contributed by atoms with Crippen LogP contribution in [0.4, 0.5) is 5.82 Å². The molecule has 3 nitrogen and oxygen atoms in total. The number of fused-ring (bicyclic) bond motifs is 1. The molecule has 0 radical (unpaired) electrons. The number of alkyl halides is 1. The lowest BCUT2D eigenvalue weighted by atomic mass is 9.91. The Morgan fingerprint density at radius 2 is 2.19 bits per heavy atom. The van der Waals surface area contributed by atoms with Gasteiger partial charge >= 0.3 is 0 Å². The zero-order valence-electron chi connectivity index (χ0n) is 12.4. The molecule has 2 aromatic rings. The van der Waals surface area contributed by atoms with Crippen molar-refractivity contribution in [3.63, 3.8) is 0 Å². The summed E-state index contributed by atoms with van der Waals surface area (Å²) < 4.78 is 5.32. The number of anilines is 1. The van der Waals surface area contributed by atoms with Gasteiger partial charge in [0.15, 0.2) is 0 Å². The lowest BCUT2D eigenvalue weighted by Gasteiger charge is -2.39. The molecule has 0 aliphatic heterocycles. The van der Waals surface area contributed by atoms with Crippen LogP contribution in [0.15, 0.2) is 30.5 Å². The second-order valence-corrected chi connectivity index (χ2v) is 5.92. The average Bonchev–Trinajstić information content (AvgIpc) is 2.48. The Bertz CT molecular complexity index is 613. The number of halogens is 1. The minimum atomic E-state index is 0.619. The van der Waals surface area contributed by atoms with Crippen molar-refractivity contribution in [2.24, 2.45) is 0 Å². The summed E-state index contributed by atoms with van der Waals surface area (Å²) in [5.41, 5.74) is 0. The third kappa shape index (κ3) is 2.93. The molecule has 1 saturated carbocycles. The standard InChI is InChI=1S/C17H21ClN2O/c1-21-15-6-7-16-13(12-15)8-10-19-17(16)20(11-3-9-18)14-4-2-5-14/h6-8,10,12,14H,2-5,9,11H2,1H3. The third-order valence-electron chi connectivity index (χ3n) is 4.27. The molecule has 21 heavy (non-hydrogen) atoms. The van der Waals surface area contributed by atoms with E-state index < -0.39 is 0 Å². The van der Waals surface area contributed by atoms with Gasteiger partial charge in [0.05, 0.1) is 7.11 Å². The van der Waals surface area contributed by atoms with E-state index in [1.807, 2.05) is 18.3 Å².